The van der Waals surface area contributed by atoms with Crippen LogP contribution < -0.4 is 5.32 Å². The summed E-state index contributed by atoms with van der Waals surface area (Å²) in [5.41, 5.74) is 0. The van der Waals surface area contributed by atoms with E-state index < -0.39 is 0 Å². The molecule has 0 bridgehead atoms. The highest BCUT2D eigenvalue weighted by molar-refractivity contribution is 7.99. The van der Waals surface area contributed by atoms with Crippen molar-refractivity contribution in [3.8, 4) is 0 Å². The Labute approximate surface area is 129 Å². The van der Waals surface area contributed by atoms with Crippen LogP contribution in [0.15, 0.2) is 23.1 Å². The molecule has 0 unspecified atom stereocenters. The highest BCUT2D eigenvalue weighted by Gasteiger charge is 2.40. The Kier molecular flexibility index (Phi) is 4.63. The third-order valence-electron chi connectivity index (χ3n) is 3.89. The fraction of sp³-hybridized carbons (Fsp3) is 0.600. The second kappa shape index (κ2) is 6.26. The molecule has 2 saturated carbocycles. The molecule has 1 nitrogen and oxygen atoms in total. The first-order valence-corrected chi connectivity index (χ1v) is 8.79. The predicted octanol–water partition coefficient (Wildman–Crippen LogP) is 4.86. The molecule has 1 aromatic carbocycles. The average molecular weight is 316 g/mol. The molecule has 19 heavy (non-hydrogen) atoms. The number of hydrogen-bond donors (Lipinski definition) is 1. The Bertz CT molecular complexity index is 432. The monoisotopic (exact) mass is 315 g/mol. The second-order valence-corrected chi connectivity index (χ2v) is 7.56. The smallest absolute Gasteiger partial charge is 0.0542 e. The van der Waals surface area contributed by atoms with Crippen LogP contribution in [0.3, 0.4) is 0 Å². The van der Waals surface area contributed by atoms with Crippen molar-refractivity contribution in [1.82, 2.24) is 5.32 Å². The topological polar surface area (TPSA) is 12.0 Å². The lowest BCUT2D eigenvalue weighted by Crippen LogP contribution is -2.34. The maximum atomic E-state index is 6.16. The van der Waals surface area contributed by atoms with E-state index in [9.17, 15) is 0 Å². The van der Waals surface area contributed by atoms with Crippen LogP contribution in [-0.2, 0) is 0 Å². The van der Waals surface area contributed by atoms with E-state index in [1.165, 1.54) is 25.7 Å². The quantitative estimate of drug-likeness (QED) is 0.569. The largest absolute Gasteiger partial charge is 0.313 e. The Hall–Kier alpha value is 0.110. The highest BCUT2D eigenvalue weighted by atomic mass is 35.5. The Balaban J connectivity index is 1.43. The molecule has 1 N–H and O–H groups in total. The van der Waals surface area contributed by atoms with Crippen molar-refractivity contribution >= 4 is 35.0 Å². The lowest BCUT2D eigenvalue weighted by Gasteiger charge is -2.17. The minimum absolute atomic E-state index is 0.758. The molecule has 2 aliphatic rings. The normalized spacial score (nSPS) is 19.1. The van der Waals surface area contributed by atoms with E-state index in [2.05, 4.69) is 5.32 Å². The Morgan fingerprint density at radius 2 is 1.84 bits per heavy atom. The zero-order valence-electron chi connectivity index (χ0n) is 10.9. The molecular weight excluding hydrogens is 297 g/mol. The predicted molar refractivity (Wildman–Crippen MR) is 84.4 cm³/mol. The van der Waals surface area contributed by atoms with Gasteiger partial charge in [0.05, 0.1) is 5.02 Å². The maximum Gasteiger partial charge on any atom is 0.0542 e. The second-order valence-electron chi connectivity index (χ2n) is 5.58. The van der Waals surface area contributed by atoms with E-state index in [-0.39, 0.29) is 0 Å². The summed E-state index contributed by atoms with van der Waals surface area (Å²) < 4.78 is 0. The summed E-state index contributed by atoms with van der Waals surface area (Å²) in [7, 11) is 0. The number of hydrogen-bond acceptors (Lipinski definition) is 2. The fourth-order valence-corrected chi connectivity index (χ4v) is 3.98. The van der Waals surface area contributed by atoms with Gasteiger partial charge in [-0.05, 0) is 55.7 Å². The van der Waals surface area contributed by atoms with Gasteiger partial charge in [0.1, 0.15) is 0 Å². The molecule has 0 aliphatic heterocycles. The highest BCUT2D eigenvalue weighted by Crippen LogP contribution is 2.44. The van der Waals surface area contributed by atoms with Crippen molar-refractivity contribution in [3.05, 3.63) is 28.2 Å². The summed E-state index contributed by atoms with van der Waals surface area (Å²) in [5, 5.41) is 5.31. The first kappa shape index (κ1) is 14.1. The van der Waals surface area contributed by atoms with E-state index in [4.69, 9.17) is 23.2 Å². The van der Waals surface area contributed by atoms with Crippen molar-refractivity contribution in [1.29, 1.82) is 0 Å². The van der Waals surface area contributed by atoms with Gasteiger partial charge in [0, 0.05) is 28.3 Å². The first-order chi connectivity index (χ1) is 9.24. The van der Waals surface area contributed by atoms with Gasteiger partial charge >= 0.3 is 0 Å². The van der Waals surface area contributed by atoms with Crippen molar-refractivity contribution in [2.75, 3.05) is 12.3 Å². The molecule has 104 valence electrons. The van der Waals surface area contributed by atoms with Gasteiger partial charge in [-0.2, -0.15) is 0 Å². The summed E-state index contributed by atoms with van der Waals surface area (Å²) in [5.74, 6) is 2.98. The van der Waals surface area contributed by atoms with E-state index in [1.807, 2.05) is 18.2 Å². The van der Waals surface area contributed by atoms with Crippen LogP contribution in [0.4, 0.5) is 0 Å². The minimum Gasteiger partial charge on any atom is -0.313 e. The van der Waals surface area contributed by atoms with Crippen LogP contribution in [0.2, 0.25) is 10.0 Å². The zero-order valence-corrected chi connectivity index (χ0v) is 13.2. The van der Waals surface area contributed by atoms with Gasteiger partial charge in [-0.25, -0.2) is 0 Å². The number of halogens is 2. The van der Waals surface area contributed by atoms with Gasteiger partial charge in [-0.1, -0.05) is 23.2 Å². The van der Waals surface area contributed by atoms with Crippen LogP contribution in [0, 0.1) is 11.8 Å². The van der Waals surface area contributed by atoms with Crippen molar-refractivity contribution in [2.45, 2.75) is 36.6 Å². The van der Waals surface area contributed by atoms with Gasteiger partial charge in [0.2, 0.25) is 0 Å². The van der Waals surface area contributed by atoms with Crippen LogP contribution in [0.25, 0.3) is 0 Å². The molecule has 0 heterocycles. The molecule has 4 heteroatoms. The minimum atomic E-state index is 0.758. The van der Waals surface area contributed by atoms with Crippen LogP contribution in [0.1, 0.15) is 25.7 Å². The molecule has 0 spiro atoms. The summed E-state index contributed by atoms with van der Waals surface area (Å²) in [4.78, 5) is 1.09. The number of nitrogens with one attached hydrogen (secondary N) is 1. The molecule has 0 aromatic heterocycles. The summed E-state index contributed by atoms with van der Waals surface area (Å²) in [6.07, 6.45) is 5.73. The van der Waals surface area contributed by atoms with Gasteiger partial charge in [0.15, 0.2) is 0 Å². The molecule has 2 fully saturated rings. The molecule has 1 aromatic rings. The Morgan fingerprint density at radius 3 is 2.47 bits per heavy atom. The Morgan fingerprint density at radius 1 is 1.16 bits per heavy atom. The summed E-state index contributed by atoms with van der Waals surface area (Å²) in [6, 6.07) is 6.45. The maximum absolute atomic E-state index is 6.16. The zero-order chi connectivity index (χ0) is 13.2. The van der Waals surface area contributed by atoms with Gasteiger partial charge in [0.25, 0.3) is 0 Å². The summed E-state index contributed by atoms with van der Waals surface area (Å²) >= 11 is 13.9. The van der Waals surface area contributed by atoms with E-state index in [0.717, 1.165) is 45.1 Å². The fourth-order valence-electron chi connectivity index (χ4n) is 2.60. The molecule has 3 rings (SSSR count). The number of rotatable bonds is 7. The van der Waals surface area contributed by atoms with Crippen LogP contribution in [0.5, 0.6) is 0 Å². The molecule has 0 amide bonds. The third-order valence-corrected chi connectivity index (χ3v) is 5.63. The van der Waals surface area contributed by atoms with Gasteiger partial charge in [-0.15, -0.1) is 11.8 Å². The SMILES string of the molecule is Clc1ccc(Cl)c(SCCNC(C2CC2)C2CC2)c1. The number of thioether (sulfide) groups is 1. The van der Waals surface area contributed by atoms with Crippen molar-refractivity contribution < 1.29 is 0 Å². The molecule has 0 saturated heterocycles. The van der Waals surface area contributed by atoms with Gasteiger partial charge < -0.3 is 5.32 Å². The molecular formula is C15H19Cl2NS. The molecule has 0 atom stereocenters. The lowest BCUT2D eigenvalue weighted by molar-refractivity contribution is 0.429. The lowest BCUT2D eigenvalue weighted by atomic mass is 10.1. The standard InChI is InChI=1S/C15H19Cl2NS/c16-12-5-6-13(17)14(9-12)19-8-7-18-15(10-1-2-10)11-3-4-11/h5-6,9-11,15,18H,1-4,7-8H2. The van der Waals surface area contributed by atoms with Crippen LogP contribution in [-0.4, -0.2) is 18.3 Å². The van der Waals surface area contributed by atoms with Crippen molar-refractivity contribution in [2.24, 2.45) is 11.8 Å². The van der Waals surface area contributed by atoms with Gasteiger partial charge in [-0.3, -0.25) is 0 Å². The van der Waals surface area contributed by atoms with Crippen LogP contribution >= 0.6 is 35.0 Å². The molecule has 2 aliphatic carbocycles. The average Bonchev–Trinajstić information content (AvgIpc) is 3.26. The van der Waals surface area contributed by atoms with E-state index in [0.29, 0.717) is 0 Å². The summed E-state index contributed by atoms with van der Waals surface area (Å²) in [6.45, 7) is 1.06. The third kappa shape index (κ3) is 4.04. The molecule has 0 radical (unpaired) electrons. The van der Waals surface area contributed by atoms with Crippen molar-refractivity contribution in [3.63, 3.8) is 0 Å². The first-order valence-electron chi connectivity index (χ1n) is 7.05. The number of benzene rings is 1. The van der Waals surface area contributed by atoms with E-state index in [1.54, 1.807) is 11.8 Å². The van der Waals surface area contributed by atoms with E-state index >= 15 is 0 Å².